The first-order valence-corrected chi connectivity index (χ1v) is 6.15. The van der Waals surface area contributed by atoms with Gasteiger partial charge in [-0.2, -0.15) is 0 Å². The Bertz CT molecular complexity index is 635. The molecule has 1 aromatic heterocycles. The van der Waals surface area contributed by atoms with Crippen LogP contribution < -0.4 is 0 Å². The van der Waals surface area contributed by atoms with Crippen molar-refractivity contribution in [3.05, 3.63) is 34.5 Å². The number of benzene rings is 1. The molecule has 2 rings (SSSR count). The maximum atomic E-state index is 11.5. The molecule has 0 fully saturated rings. The molecule has 96 valence electrons. The summed E-state index contributed by atoms with van der Waals surface area (Å²) >= 11 is 6.26. The molecular formula is C14H16ClNO2. The van der Waals surface area contributed by atoms with Crippen molar-refractivity contribution >= 4 is 28.6 Å². The van der Waals surface area contributed by atoms with Gasteiger partial charge in [-0.15, -0.1) is 0 Å². The Morgan fingerprint density at radius 3 is 2.44 bits per heavy atom. The monoisotopic (exact) mass is 265 g/mol. The molecule has 0 spiro atoms. The minimum Gasteiger partial charge on any atom is -0.464 e. The summed E-state index contributed by atoms with van der Waals surface area (Å²) in [6.07, 6.45) is -0.977. The van der Waals surface area contributed by atoms with Crippen molar-refractivity contribution in [3.63, 3.8) is 0 Å². The number of nitrogens with zero attached hydrogens (tertiary/aromatic N) is 1. The molecule has 0 aliphatic carbocycles. The summed E-state index contributed by atoms with van der Waals surface area (Å²) in [6, 6.07) is 5.52. The number of carboxylic acid groups (broad SMARTS) is 1. The zero-order valence-corrected chi connectivity index (χ0v) is 11.7. The van der Waals surface area contributed by atoms with Gasteiger partial charge in [-0.1, -0.05) is 38.4 Å². The lowest BCUT2D eigenvalue weighted by Gasteiger charge is -2.19. The molecule has 0 amide bonds. The predicted octanol–water partition coefficient (Wildman–Crippen LogP) is 4.43. The summed E-state index contributed by atoms with van der Waals surface area (Å²) in [5, 5.41) is 10.8. The quantitative estimate of drug-likeness (QED) is 0.766. The topological polar surface area (TPSA) is 42.2 Å². The summed E-state index contributed by atoms with van der Waals surface area (Å²) in [5.41, 5.74) is 2.09. The van der Waals surface area contributed by atoms with Gasteiger partial charge in [-0.3, -0.25) is 0 Å². The first-order chi connectivity index (χ1) is 8.23. The van der Waals surface area contributed by atoms with Gasteiger partial charge in [-0.05, 0) is 24.6 Å². The van der Waals surface area contributed by atoms with E-state index in [1.54, 1.807) is 6.07 Å². The zero-order valence-electron chi connectivity index (χ0n) is 10.9. The second kappa shape index (κ2) is 4.02. The molecule has 0 aliphatic rings. The average molecular weight is 266 g/mol. The molecule has 3 nitrogen and oxygen atoms in total. The lowest BCUT2D eigenvalue weighted by Crippen LogP contribution is -2.21. The Morgan fingerprint density at radius 2 is 1.94 bits per heavy atom. The molecule has 18 heavy (non-hydrogen) atoms. The van der Waals surface area contributed by atoms with Crippen LogP contribution in [0.5, 0.6) is 0 Å². The highest BCUT2D eigenvalue weighted by Crippen LogP contribution is 2.34. The number of rotatable bonds is 0. The second-order valence-corrected chi connectivity index (χ2v) is 5.90. The molecule has 0 radical (unpaired) electrons. The maximum absolute atomic E-state index is 11.5. The summed E-state index contributed by atoms with van der Waals surface area (Å²) in [6.45, 7) is 7.88. The van der Waals surface area contributed by atoms with E-state index in [-0.39, 0.29) is 5.41 Å². The molecule has 0 bridgehead atoms. The molecule has 4 heteroatoms. The minimum absolute atomic E-state index is 0.255. The number of aryl methyl sites for hydroxylation is 1. The van der Waals surface area contributed by atoms with E-state index in [0.717, 1.165) is 16.6 Å². The van der Waals surface area contributed by atoms with Gasteiger partial charge in [0.15, 0.2) is 0 Å². The Morgan fingerprint density at radius 1 is 1.33 bits per heavy atom. The lowest BCUT2D eigenvalue weighted by molar-refractivity contribution is 0.195. The van der Waals surface area contributed by atoms with Crippen molar-refractivity contribution in [2.45, 2.75) is 33.1 Å². The lowest BCUT2D eigenvalue weighted by atomic mass is 9.92. The fourth-order valence-corrected chi connectivity index (χ4v) is 2.33. The highest BCUT2D eigenvalue weighted by molar-refractivity contribution is 6.36. The number of carbonyl (C=O) groups is 1. The van der Waals surface area contributed by atoms with Gasteiger partial charge in [0.05, 0.1) is 10.5 Å². The fourth-order valence-electron chi connectivity index (χ4n) is 2.11. The average Bonchev–Trinajstić information content (AvgIpc) is 2.63. The van der Waals surface area contributed by atoms with Crippen molar-refractivity contribution in [1.29, 1.82) is 0 Å². The smallest absolute Gasteiger partial charge is 0.416 e. The number of aromatic nitrogens is 1. The Balaban J connectivity index is 2.92. The van der Waals surface area contributed by atoms with Gasteiger partial charge < -0.3 is 5.11 Å². The first kappa shape index (κ1) is 13.0. The van der Waals surface area contributed by atoms with Crippen LogP contribution in [-0.4, -0.2) is 15.8 Å². The third kappa shape index (κ3) is 1.89. The second-order valence-electron chi connectivity index (χ2n) is 5.53. The van der Waals surface area contributed by atoms with E-state index in [4.69, 9.17) is 11.6 Å². The van der Waals surface area contributed by atoms with E-state index in [2.05, 4.69) is 0 Å². The standard InChI is InChI=1S/C14H16ClNO2/c1-8-5-6-10-9(12(8)15)7-11(14(2,3)4)16(10)13(17)18/h5-7H,1-4H3,(H,17,18). The molecule has 1 aromatic carbocycles. The predicted molar refractivity (Wildman–Crippen MR) is 73.8 cm³/mol. The third-order valence-corrected chi connectivity index (χ3v) is 3.57. The van der Waals surface area contributed by atoms with Crippen LogP contribution in [0.3, 0.4) is 0 Å². The maximum Gasteiger partial charge on any atom is 0.416 e. The molecule has 0 saturated heterocycles. The van der Waals surface area contributed by atoms with Gasteiger partial charge in [0.2, 0.25) is 0 Å². The van der Waals surface area contributed by atoms with Gasteiger partial charge in [0, 0.05) is 16.5 Å². The molecule has 2 aromatic rings. The molecule has 1 N–H and O–H groups in total. The summed E-state index contributed by atoms with van der Waals surface area (Å²) < 4.78 is 1.32. The number of halogens is 1. The van der Waals surface area contributed by atoms with Crippen molar-refractivity contribution in [1.82, 2.24) is 4.57 Å². The SMILES string of the molecule is Cc1ccc2c(cc(C(C)(C)C)n2C(=O)O)c1Cl. The van der Waals surface area contributed by atoms with Gasteiger partial charge in [-0.25, -0.2) is 9.36 Å². The van der Waals surface area contributed by atoms with Crippen LogP contribution in [0.2, 0.25) is 5.02 Å². The number of hydrogen-bond acceptors (Lipinski definition) is 1. The Hall–Kier alpha value is -1.48. The van der Waals surface area contributed by atoms with Gasteiger partial charge in [0.1, 0.15) is 0 Å². The minimum atomic E-state index is -0.977. The highest BCUT2D eigenvalue weighted by atomic mass is 35.5. The van der Waals surface area contributed by atoms with Crippen molar-refractivity contribution in [2.24, 2.45) is 0 Å². The van der Waals surface area contributed by atoms with Crippen molar-refractivity contribution < 1.29 is 9.90 Å². The highest BCUT2D eigenvalue weighted by Gasteiger charge is 2.25. The summed E-state index contributed by atoms with van der Waals surface area (Å²) in [5.74, 6) is 0. The molecule has 0 atom stereocenters. The van der Waals surface area contributed by atoms with E-state index < -0.39 is 6.09 Å². The molecular weight excluding hydrogens is 250 g/mol. The third-order valence-electron chi connectivity index (χ3n) is 3.07. The number of hydrogen-bond donors (Lipinski definition) is 1. The van der Waals surface area contributed by atoms with Gasteiger partial charge >= 0.3 is 6.09 Å². The van der Waals surface area contributed by atoms with Crippen LogP contribution in [0, 0.1) is 6.92 Å². The first-order valence-electron chi connectivity index (χ1n) is 5.78. The number of fused-ring (bicyclic) bond motifs is 1. The molecule has 1 heterocycles. The van der Waals surface area contributed by atoms with Crippen LogP contribution in [0.25, 0.3) is 10.9 Å². The van der Waals surface area contributed by atoms with Crippen LogP contribution in [0.15, 0.2) is 18.2 Å². The largest absolute Gasteiger partial charge is 0.464 e. The van der Waals surface area contributed by atoms with Crippen LogP contribution in [0.1, 0.15) is 32.0 Å². The van der Waals surface area contributed by atoms with E-state index in [1.807, 2.05) is 39.8 Å². The summed E-state index contributed by atoms with van der Waals surface area (Å²) in [7, 11) is 0. The van der Waals surface area contributed by atoms with Crippen LogP contribution in [0.4, 0.5) is 4.79 Å². The van der Waals surface area contributed by atoms with Crippen molar-refractivity contribution in [2.75, 3.05) is 0 Å². The van der Waals surface area contributed by atoms with Crippen molar-refractivity contribution in [3.8, 4) is 0 Å². The van der Waals surface area contributed by atoms with Crippen LogP contribution in [-0.2, 0) is 5.41 Å². The van der Waals surface area contributed by atoms with E-state index in [0.29, 0.717) is 10.5 Å². The normalized spacial score (nSPS) is 12.1. The Labute approximate surface area is 111 Å². The van der Waals surface area contributed by atoms with E-state index in [9.17, 15) is 9.90 Å². The van der Waals surface area contributed by atoms with Gasteiger partial charge in [0.25, 0.3) is 0 Å². The van der Waals surface area contributed by atoms with E-state index >= 15 is 0 Å². The molecule has 0 unspecified atom stereocenters. The fraction of sp³-hybridized carbons (Fsp3) is 0.357. The van der Waals surface area contributed by atoms with Crippen LogP contribution >= 0.6 is 11.6 Å². The van der Waals surface area contributed by atoms with E-state index in [1.165, 1.54) is 4.57 Å². The molecule has 0 saturated carbocycles. The zero-order chi connectivity index (χ0) is 13.7. The Kier molecular flexibility index (Phi) is 2.90. The molecule has 0 aliphatic heterocycles. The summed E-state index contributed by atoms with van der Waals surface area (Å²) in [4.78, 5) is 11.5.